The van der Waals surface area contributed by atoms with E-state index in [2.05, 4.69) is 9.97 Å². The highest BCUT2D eigenvalue weighted by atomic mass is 19.4. The molecule has 1 amide bonds. The van der Waals surface area contributed by atoms with Gasteiger partial charge in [0, 0.05) is 5.56 Å². The Hall–Kier alpha value is -2.05. The number of amides is 1. The number of fused-ring (bicyclic) bond motifs is 1. The highest BCUT2D eigenvalue weighted by Gasteiger charge is 2.34. The lowest BCUT2D eigenvalue weighted by Gasteiger charge is -1.99. The van der Waals surface area contributed by atoms with Gasteiger partial charge in [-0.05, 0) is 18.2 Å². The van der Waals surface area contributed by atoms with Gasteiger partial charge in [-0.1, -0.05) is 0 Å². The van der Waals surface area contributed by atoms with E-state index in [1.165, 1.54) is 18.2 Å². The van der Waals surface area contributed by atoms with Gasteiger partial charge >= 0.3 is 6.18 Å². The van der Waals surface area contributed by atoms with Crippen molar-refractivity contribution in [1.29, 1.82) is 0 Å². The number of H-pyrrole nitrogens is 1. The summed E-state index contributed by atoms with van der Waals surface area (Å²) >= 11 is 0. The summed E-state index contributed by atoms with van der Waals surface area (Å²) in [4.78, 5) is 16.3. The summed E-state index contributed by atoms with van der Waals surface area (Å²) in [7, 11) is 0. The van der Waals surface area contributed by atoms with Crippen molar-refractivity contribution in [2.75, 3.05) is 0 Å². The largest absolute Gasteiger partial charge is 0.449 e. The van der Waals surface area contributed by atoms with Crippen LogP contribution >= 0.6 is 0 Å². The molecular formula is C9H6F3N3O. The summed E-state index contributed by atoms with van der Waals surface area (Å²) in [5, 5.41) is 0. The SMILES string of the molecule is NC(=O)c1ccc2nc(C(F)(F)F)[nH]c2c1. The smallest absolute Gasteiger partial charge is 0.366 e. The van der Waals surface area contributed by atoms with Crippen molar-refractivity contribution in [2.45, 2.75) is 6.18 Å². The Labute approximate surface area is 87.3 Å². The van der Waals surface area contributed by atoms with Crippen LogP contribution in [-0.2, 0) is 6.18 Å². The number of hydrogen-bond acceptors (Lipinski definition) is 2. The molecule has 0 saturated heterocycles. The van der Waals surface area contributed by atoms with Gasteiger partial charge < -0.3 is 10.7 Å². The molecule has 0 bridgehead atoms. The Morgan fingerprint density at radius 2 is 2.06 bits per heavy atom. The average molecular weight is 229 g/mol. The lowest BCUT2D eigenvalue weighted by molar-refractivity contribution is -0.144. The number of nitrogens with zero attached hydrogens (tertiary/aromatic N) is 1. The molecule has 0 aliphatic heterocycles. The van der Waals surface area contributed by atoms with E-state index in [0.29, 0.717) is 0 Å². The van der Waals surface area contributed by atoms with Crippen LogP contribution in [0.5, 0.6) is 0 Å². The van der Waals surface area contributed by atoms with Crippen LogP contribution in [0.3, 0.4) is 0 Å². The van der Waals surface area contributed by atoms with Crippen molar-refractivity contribution in [3.05, 3.63) is 29.6 Å². The zero-order chi connectivity index (χ0) is 11.9. The second-order valence-corrected chi connectivity index (χ2v) is 3.18. The van der Waals surface area contributed by atoms with Crippen molar-refractivity contribution in [3.63, 3.8) is 0 Å². The minimum atomic E-state index is -4.54. The first-order chi connectivity index (χ1) is 7.38. The minimum Gasteiger partial charge on any atom is -0.366 e. The molecule has 3 N–H and O–H groups in total. The first-order valence-corrected chi connectivity index (χ1v) is 4.24. The summed E-state index contributed by atoms with van der Waals surface area (Å²) in [6, 6.07) is 3.87. The molecule has 0 aliphatic rings. The highest BCUT2D eigenvalue weighted by Crippen LogP contribution is 2.28. The third-order valence-electron chi connectivity index (χ3n) is 2.03. The van der Waals surface area contributed by atoms with E-state index in [1.807, 2.05) is 0 Å². The normalized spacial score (nSPS) is 11.9. The number of hydrogen-bond donors (Lipinski definition) is 2. The molecule has 0 fully saturated rings. The maximum Gasteiger partial charge on any atom is 0.449 e. The predicted octanol–water partition coefficient (Wildman–Crippen LogP) is 1.68. The van der Waals surface area contributed by atoms with Crippen molar-refractivity contribution in [2.24, 2.45) is 5.73 Å². The van der Waals surface area contributed by atoms with Crippen LogP contribution in [0, 0.1) is 0 Å². The van der Waals surface area contributed by atoms with E-state index in [0.717, 1.165) is 0 Å². The number of aromatic nitrogens is 2. The Balaban J connectivity index is 2.59. The molecule has 1 aromatic carbocycles. The van der Waals surface area contributed by atoms with Crippen LogP contribution in [-0.4, -0.2) is 15.9 Å². The summed E-state index contributed by atoms with van der Waals surface area (Å²) in [6.07, 6.45) is -4.54. The molecule has 16 heavy (non-hydrogen) atoms. The maximum atomic E-state index is 12.3. The molecule has 0 saturated carbocycles. The van der Waals surface area contributed by atoms with E-state index in [-0.39, 0.29) is 16.6 Å². The fourth-order valence-corrected chi connectivity index (χ4v) is 1.30. The summed E-state index contributed by atoms with van der Waals surface area (Å²) in [5.41, 5.74) is 5.40. The van der Waals surface area contributed by atoms with Gasteiger partial charge in [-0.25, -0.2) is 4.98 Å². The predicted molar refractivity (Wildman–Crippen MR) is 49.6 cm³/mol. The number of rotatable bonds is 1. The number of nitrogens with one attached hydrogen (secondary N) is 1. The molecular weight excluding hydrogens is 223 g/mol. The number of imidazole rings is 1. The molecule has 0 atom stereocenters. The van der Waals surface area contributed by atoms with E-state index in [1.54, 1.807) is 0 Å². The molecule has 2 rings (SSSR count). The van der Waals surface area contributed by atoms with Crippen molar-refractivity contribution < 1.29 is 18.0 Å². The molecule has 4 nitrogen and oxygen atoms in total. The van der Waals surface area contributed by atoms with Gasteiger partial charge in [0.15, 0.2) is 0 Å². The molecule has 0 unspecified atom stereocenters. The zero-order valence-corrected chi connectivity index (χ0v) is 7.80. The van der Waals surface area contributed by atoms with Crippen LogP contribution in [0.2, 0.25) is 0 Å². The molecule has 1 heterocycles. The Bertz CT molecular complexity index is 559. The van der Waals surface area contributed by atoms with E-state index < -0.39 is 17.9 Å². The third kappa shape index (κ3) is 1.71. The number of benzene rings is 1. The average Bonchev–Trinajstić information content (AvgIpc) is 2.58. The van der Waals surface area contributed by atoms with Crippen molar-refractivity contribution in [1.82, 2.24) is 9.97 Å². The van der Waals surface area contributed by atoms with Gasteiger partial charge in [0.2, 0.25) is 11.7 Å². The lowest BCUT2D eigenvalue weighted by Crippen LogP contribution is -2.10. The number of halogens is 3. The van der Waals surface area contributed by atoms with E-state index in [4.69, 9.17) is 5.73 Å². The molecule has 2 aromatic rings. The molecule has 0 radical (unpaired) electrons. The van der Waals surface area contributed by atoms with Crippen LogP contribution in [0.1, 0.15) is 16.2 Å². The second-order valence-electron chi connectivity index (χ2n) is 3.18. The van der Waals surface area contributed by atoms with Gasteiger partial charge in [0.25, 0.3) is 0 Å². The first kappa shape index (κ1) is 10.5. The van der Waals surface area contributed by atoms with Crippen LogP contribution in [0.15, 0.2) is 18.2 Å². The summed E-state index contributed by atoms with van der Waals surface area (Å²) in [5.74, 6) is -1.80. The molecule has 0 aliphatic carbocycles. The fraction of sp³-hybridized carbons (Fsp3) is 0.111. The summed E-state index contributed by atoms with van der Waals surface area (Å²) in [6.45, 7) is 0. The number of primary amides is 1. The molecule has 0 spiro atoms. The quantitative estimate of drug-likeness (QED) is 0.780. The molecule has 84 valence electrons. The van der Waals surface area contributed by atoms with Crippen LogP contribution in [0.25, 0.3) is 11.0 Å². The standard InChI is InChI=1S/C9H6F3N3O/c10-9(11,12)8-14-5-2-1-4(7(13)16)3-6(5)15-8/h1-3H,(H2,13,16)(H,14,15). The van der Waals surface area contributed by atoms with E-state index in [9.17, 15) is 18.0 Å². The molecule has 1 aromatic heterocycles. The number of aromatic amines is 1. The highest BCUT2D eigenvalue weighted by molar-refractivity contribution is 5.96. The summed E-state index contributed by atoms with van der Waals surface area (Å²) < 4.78 is 36.9. The first-order valence-electron chi connectivity index (χ1n) is 4.24. The van der Waals surface area contributed by atoms with E-state index >= 15 is 0 Å². The van der Waals surface area contributed by atoms with Crippen LogP contribution in [0.4, 0.5) is 13.2 Å². The number of carbonyl (C=O) groups excluding carboxylic acids is 1. The minimum absolute atomic E-state index is 0.128. The fourth-order valence-electron chi connectivity index (χ4n) is 1.30. The monoisotopic (exact) mass is 229 g/mol. The van der Waals surface area contributed by atoms with Crippen LogP contribution < -0.4 is 5.73 Å². The van der Waals surface area contributed by atoms with Gasteiger partial charge in [-0.15, -0.1) is 0 Å². The van der Waals surface area contributed by atoms with Gasteiger partial charge in [-0.2, -0.15) is 13.2 Å². The van der Waals surface area contributed by atoms with Gasteiger partial charge in [-0.3, -0.25) is 4.79 Å². The Kier molecular flexibility index (Phi) is 2.11. The number of alkyl halides is 3. The van der Waals surface area contributed by atoms with Crippen molar-refractivity contribution >= 4 is 16.9 Å². The topological polar surface area (TPSA) is 71.8 Å². The lowest BCUT2D eigenvalue weighted by atomic mass is 10.2. The Morgan fingerprint density at radius 3 is 2.62 bits per heavy atom. The second kappa shape index (κ2) is 3.22. The maximum absolute atomic E-state index is 12.3. The molecule has 7 heteroatoms. The number of carbonyl (C=O) groups is 1. The third-order valence-corrected chi connectivity index (χ3v) is 2.03. The Morgan fingerprint density at radius 1 is 1.38 bits per heavy atom. The van der Waals surface area contributed by atoms with Crippen molar-refractivity contribution in [3.8, 4) is 0 Å². The van der Waals surface area contributed by atoms with Gasteiger partial charge in [0.1, 0.15) is 0 Å². The zero-order valence-electron chi connectivity index (χ0n) is 7.80. The number of nitrogens with two attached hydrogens (primary N) is 1. The van der Waals surface area contributed by atoms with Gasteiger partial charge in [0.05, 0.1) is 11.0 Å².